The molecule has 1 aromatic heterocycles. The van der Waals surface area contributed by atoms with Gasteiger partial charge in [-0.25, -0.2) is 8.42 Å². The molecule has 0 atom stereocenters. The largest absolute Gasteiger partial charge is 0.294 e. The summed E-state index contributed by atoms with van der Waals surface area (Å²) in [5, 5.41) is 0. The fourth-order valence-electron chi connectivity index (χ4n) is 3.59. The summed E-state index contributed by atoms with van der Waals surface area (Å²) in [6.07, 6.45) is 1.90. The van der Waals surface area contributed by atoms with Crippen LogP contribution < -0.4 is 0 Å². The van der Waals surface area contributed by atoms with Crippen LogP contribution in [0.2, 0.25) is 0 Å². The maximum absolute atomic E-state index is 13.2. The highest BCUT2D eigenvalue weighted by atomic mass is 32.2. The highest BCUT2D eigenvalue weighted by molar-refractivity contribution is 7.92. The molecule has 0 fully saturated rings. The average Bonchev–Trinajstić information content (AvgIpc) is 2.84. The first-order chi connectivity index (χ1) is 11.9. The number of ketones is 2. The van der Waals surface area contributed by atoms with Crippen LogP contribution >= 0.6 is 11.3 Å². The number of hydrogen-bond donors (Lipinski definition) is 0. The molecule has 4 nitrogen and oxygen atoms in total. The Morgan fingerprint density at radius 3 is 2.38 bits per heavy atom. The van der Waals surface area contributed by atoms with Crippen molar-refractivity contribution in [3.63, 3.8) is 0 Å². The quantitative estimate of drug-likeness (QED) is 0.738. The van der Waals surface area contributed by atoms with Crippen LogP contribution in [0, 0.1) is 19.3 Å². The molecule has 1 aromatic carbocycles. The molecular formula is C20H22O4S2. The lowest BCUT2D eigenvalue weighted by molar-refractivity contribution is 0.0909. The van der Waals surface area contributed by atoms with Gasteiger partial charge in [-0.05, 0) is 36.8 Å². The minimum atomic E-state index is -3.58. The lowest BCUT2D eigenvalue weighted by atomic mass is 9.74. The number of benzene rings is 1. The Balaban J connectivity index is 2.26. The maximum Gasteiger partial charge on any atom is 0.203 e. The number of carbonyl (C=O) groups is 2. The standard InChI is InChI=1S/C20H22O4S2/c1-11-6-7-13(12(2)8-11)17(22)18-14-9-20(3,4)10-15(21)16(14)19(25-18)26(5,23)24/h6-8H,9-10H2,1-5H3. The van der Waals surface area contributed by atoms with Crippen LogP contribution in [0.25, 0.3) is 0 Å². The van der Waals surface area contributed by atoms with E-state index in [1.54, 1.807) is 6.07 Å². The number of fused-ring (bicyclic) bond motifs is 1. The zero-order valence-corrected chi connectivity index (χ0v) is 17.2. The van der Waals surface area contributed by atoms with Gasteiger partial charge in [0, 0.05) is 18.2 Å². The highest BCUT2D eigenvalue weighted by Crippen LogP contribution is 2.44. The zero-order valence-electron chi connectivity index (χ0n) is 15.6. The summed E-state index contributed by atoms with van der Waals surface area (Å²) in [5.74, 6) is -0.392. The molecule has 3 rings (SSSR count). The van der Waals surface area contributed by atoms with Crippen molar-refractivity contribution in [3.8, 4) is 0 Å². The number of thiophene rings is 1. The monoisotopic (exact) mass is 390 g/mol. The molecule has 6 heteroatoms. The van der Waals surface area contributed by atoms with Gasteiger partial charge < -0.3 is 0 Å². The predicted molar refractivity (Wildman–Crippen MR) is 103 cm³/mol. The summed E-state index contributed by atoms with van der Waals surface area (Å²) < 4.78 is 24.5. The van der Waals surface area contributed by atoms with Crippen LogP contribution in [-0.2, 0) is 16.3 Å². The van der Waals surface area contributed by atoms with Crippen LogP contribution in [-0.4, -0.2) is 26.2 Å². The third-order valence-corrected chi connectivity index (χ3v) is 7.78. The van der Waals surface area contributed by atoms with Crippen LogP contribution in [0.15, 0.2) is 22.4 Å². The molecule has 0 spiro atoms. The second kappa shape index (κ2) is 6.13. The van der Waals surface area contributed by atoms with E-state index in [-0.39, 0.29) is 33.2 Å². The van der Waals surface area contributed by atoms with E-state index in [9.17, 15) is 18.0 Å². The summed E-state index contributed by atoms with van der Waals surface area (Å²) in [6.45, 7) is 7.76. The van der Waals surface area contributed by atoms with Gasteiger partial charge in [0.15, 0.2) is 15.6 Å². The Labute approximate surface area is 158 Å². The molecule has 0 saturated heterocycles. The van der Waals surface area contributed by atoms with Crippen molar-refractivity contribution in [2.45, 2.75) is 44.7 Å². The highest BCUT2D eigenvalue weighted by Gasteiger charge is 2.39. The van der Waals surface area contributed by atoms with E-state index in [2.05, 4.69) is 0 Å². The summed E-state index contributed by atoms with van der Waals surface area (Å²) in [7, 11) is -3.58. The first-order valence-corrected chi connectivity index (χ1v) is 11.1. The van der Waals surface area contributed by atoms with E-state index in [0.717, 1.165) is 28.7 Å². The van der Waals surface area contributed by atoms with Crippen molar-refractivity contribution in [2.24, 2.45) is 5.41 Å². The maximum atomic E-state index is 13.2. The third kappa shape index (κ3) is 3.28. The van der Waals surface area contributed by atoms with Crippen molar-refractivity contribution in [1.29, 1.82) is 0 Å². The van der Waals surface area contributed by atoms with Gasteiger partial charge in [0.1, 0.15) is 4.21 Å². The predicted octanol–water partition coefficient (Wildman–Crippen LogP) is 4.15. The van der Waals surface area contributed by atoms with E-state index in [1.807, 2.05) is 39.8 Å². The van der Waals surface area contributed by atoms with Gasteiger partial charge in [0.25, 0.3) is 0 Å². The molecule has 0 N–H and O–H groups in total. The van der Waals surface area contributed by atoms with Gasteiger partial charge in [0.05, 0.1) is 10.4 Å². The van der Waals surface area contributed by atoms with Gasteiger partial charge in [-0.2, -0.15) is 0 Å². The van der Waals surface area contributed by atoms with Crippen molar-refractivity contribution in [2.75, 3.05) is 6.26 Å². The molecular weight excluding hydrogens is 368 g/mol. The molecule has 0 unspecified atom stereocenters. The minimum absolute atomic E-state index is 0.0288. The van der Waals surface area contributed by atoms with Gasteiger partial charge in [-0.15, -0.1) is 11.3 Å². The van der Waals surface area contributed by atoms with Gasteiger partial charge in [0.2, 0.25) is 5.78 Å². The summed E-state index contributed by atoms with van der Waals surface area (Å²) in [4.78, 5) is 26.3. The zero-order chi connectivity index (χ0) is 19.4. The number of sulfone groups is 1. The molecule has 138 valence electrons. The summed E-state index contributed by atoms with van der Waals surface area (Å²) >= 11 is 0.944. The van der Waals surface area contributed by atoms with Gasteiger partial charge in [-0.1, -0.05) is 37.6 Å². The van der Waals surface area contributed by atoms with Crippen LogP contribution in [0.5, 0.6) is 0 Å². The molecule has 1 aliphatic carbocycles. The number of hydrogen-bond acceptors (Lipinski definition) is 5. The Hall–Kier alpha value is -1.79. The molecule has 26 heavy (non-hydrogen) atoms. The fraction of sp³-hybridized carbons (Fsp3) is 0.400. The van der Waals surface area contributed by atoms with Crippen molar-refractivity contribution < 1.29 is 18.0 Å². The SMILES string of the molecule is Cc1ccc(C(=O)c2sc(S(C)(=O)=O)c3c2CC(C)(C)CC3=O)c(C)c1. The average molecular weight is 391 g/mol. The van der Waals surface area contributed by atoms with Crippen molar-refractivity contribution >= 4 is 32.7 Å². The Morgan fingerprint density at radius 1 is 1.15 bits per heavy atom. The normalized spacial score (nSPS) is 16.4. The molecule has 1 heterocycles. The number of rotatable bonds is 3. The van der Waals surface area contributed by atoms with Crippen molar-refractivity contribution in [1.82, 2.24) is 0 Å². The lowest BCUT2D eigenvalue weighted by Gasteiger charge is -2.29. The minimum Gasteiger partial charge on any atom is -0.294 e. The first kappa shape index (κ1) is 19.0. The topological polar surface area (TPSA) is 68.3 Å². The van der Waals surface area contributed by atoms with E-state index in [1.165, 1.54) is 0 Å². The second-order valence-corrected chi connectivity index (χ2v) is 11.2. The molecule has 0 amide bonds. The Morgan fingerprint density at radius 2 is 1.81 bits per heavy atom. The Kier molecular flexibility index (Phi) is 4.48. The van der Waals surface area contributed by atoms with Crippen LogP contribution in [0.1, 0.15) is 62.6 Å². The van der Waals surface area contributed by atoms with Crippen LogP contribution in [0.4, 0.5) is 0 Å². The van der Waals surface area contributed by atoms with E-state index in [4.69, 9.17) is 0 Å². The molecule has 0 saturated carbocycles. The van der Waals surface area contributed by atoms with E-state index < -0.39 is 9.84 Å². The number of Topliss-reactive ketones (excluding diaryl/α,β-unsaturated/α-hetero) is 1. The van der Waals surface area contributed by atoms with E-state index >= 15 is 0 Å². The summed E-state index contributed by atoms with van der Waals surface area (Å²) in [5.41, 5.74) is 3.00. The fourth-order valence-corrected chi connectivity index (χ4v) is 6.08. The first-order valence-electron chi connectivity index (χ1n) is 8.41. The smallest absolute Gasteiger partial charge is 0.203 e. The number of carbonyl (C=O) groups excluding carboxylic acids is 2. The molecule has 0 bridgehead atoms. The molecule has 1 aliphatic rings. The second-order valence-electron chi connectivity index (χ2n) is 7.93. The molecule has 0 radical (unpaired) electrons. The van der Waals surface area contributed by atoms with Gasteiger partial charge >= 0.3 is 0 Å². The van der Waals surface area contributed by atoms with Crippen LogP contribution in [0.3, 0.4) is 0 Å². The summed E-state index contributed by atoms with van der Waals surface area (Å²) in [6, 6.07) is 5.57. The molecule has 0 aliphatic heterocycles. The Bertz CT molecular complexity index is 1040. The van der Waals surface area contributed by atoms with Gasteiger partial charge in [-0.3, -0.25) is 9.59 Å². The lowest BCUT2D eigenvalue weighted by Crippen LogP contribution is -2.28. The third-order valence-electron chi connectivity index (χ3n) is 4.72. The van der Waals surface area contributed by atoms with E-state index in [0.29, 0.717) is 22.4 Å². The van der Waals surface area contributed by atoms with Crippen molar-refractivity contribution in [3.05, 3.63) is 50.9 Å². The molecule has 2 aromatic rings. The number of aryl methyl sites for hydroxylation is 2.